The molecule has 0 saturated carbocycles. The average Bonchev–Trinajstić information content (AvgIpc) is 2.78. The molecule has 154 valence electrons. The molecule has 1 aromatic heterocycles. The fourth-order valence-electron chi connectivity index (χ4n) is 3.30. The predicted octanol–water partition coefficient (Wildman–Crippen LogP) is 2.39. The number of carbonyl (C=O) groups excluding carboxylic acids is 2. The van der Waals surface area contributed by atoms with Gasteiger partial charge in [-0.05, 0) is 24.1 Å². The second-order valence-electron chi connectivity index (χ2n) is 6.71. The van der Waals surface area contributed by atoms with Crippen molar-refractivity contribution >= 4 is 17.7 Å². The normalized spacial score (nSPS) is 18.8. The number of hydrogen-bond acceptors (Lipinski definition) is 7. The summed E-state index contributed by atoms with van der Waals surface area (Å²) in [7, 11) is 2.94. The highest BCUT2D eigenvalue weighted by Gasteiger charge is 2.31. The molecule has 1 fully saturated rings. The van der Waals surface area contributed by atoms with E-state index in [1.807, 2.05) is 36.4 Å². The van der Waals surface area contributed by atoms with Gasteiger partial charge in [0, 0.05) is 32.1 Å². The molecule has 2 atom stereocenters. The zero-order chi connectivity index (χ0) is 20.6. The van der Waals surface area contributed by atoms with Crippen LogP contribution in [0.15, 0.2) is 48.7 Å². The summed E-state index contributed by atoms with van der Waals surface area (Å²) in [6.45, 7) is 1.47. The van der Waals surface area contributed by atoms with Crippen LogP contribution in [0.1, 0.15) is 22.5 Å². The third-order valence-corrected chi connectivity index (χ3v) is 4.88. The number of esters is 1. The van der Waals surface area contributed by atoms with Crippen molar-refractivity contribution in [1.82, 2.24) is 10.3 Å². The van der Waals surface area contributed by atoms with Gasteiger partial charge in [-0.2, -0.15) is 0 Å². The van der Waals surface area contributed by atoms with Crippen molar-refractivity contribution < 1.29 is 23.8 Å². The summed E-state index contributed by atoms with van der Waals surface area (Å²) in [4.78, 5) is 30.0. The second kappa shape index (κ2) is 9.88. The van der Waals surface area contributed by atoms with Gasteiger partial charge in [0.1, 0.15) is 12.3 Å². The number of aromatic nitrogens is 1. The van der Waals surface area contributed by atoms with E-state index in [0.29, 0.717) is 19.5 Å². The van der Waals surface area contributed by atoms with Crippen LogP contribution in [0.5, 0.6) is 0 Å². The maximum absolute atomic E-state index is 12.2. The van der Waals surface area contributed by atoms with Crippen LogP contribution < -0.4 is 10.2 Å². The lowest BCUT2D eigenvalue weighted by molar-refractivity contribution is 0.0545. The first kappa shape index (κ1) is 20.6. The van der Waals surface area contributed by atoms with E-state index in [0.717, 1.165) is 11.3 Å². The Labute approximate surface area is 169 Å². The third-order valence-electron chi connectivity index (χ3n) is 4.88. The molecule has 1 aromatic carbocycles. The number of carbonyl (C=O) groups is 2. The first-order valence-corrected chi connectivity index (χ1v) is 9.40. The van der Waals surface area contributed by atoms with Crippen molar-refractivity contribution in [3.05, 3.63) is 59.9 Å². The Bertz CT molecular complexity index is 830. The van der Waals surface area contributed by atoms with Gasteiger partial charge in [-0.3, -0.25) is 0 Å². The highest BCUT2D eigenvalue weighted by Crippen LogP contribution is 2.22. The fraction of sp³-hybridized carbons (Fsp3) is 0.381. The third kappa shape index (κ3) is 5.45. The molecule has 2 aromatic rings. The average molecular weight is 399 g/mol. The van der Waals surface area contributed by atoms with Crippen molar-refractivity contribution in [1.29, 1.82) is 0 Å². The number of rotatable bonds is 6. The highest BCUT2D eigenvalue weighted by atomic mass is 16.5. The lowest BCUT2D eigenvalue weighted by atomic mass is 10.0. The molecule has 1 aliphatic heterocycles. The van der Waals surface area contributed by atoms with E-state index in [4.69, 9.17) is 14.2 Å². The molecule has 29 heavy (non-hydrogen) atoms. The molecule has 0 radical (unpaired) electrons. The Morgan fingerprint density at radius 2 is 2.00 bits per heavy atom. The SMILES string of the molecule is COC(=O)c1cc(N2CCC(NC(=O)OCc3ccccc3)C(OC)C2)ccn1. The van der Waals surface area contributed by atoms with Crippen molar-refractivity contribution in [2.45, 2.75) is 25.2 Å². The summed E-state index contributed by atoms with van der Waals surface area (Å²) in [5, 5.41) is 2.90. The van der Waals surface area contributed by atoms with Gasteiger partial charge in [0.15, 0.2) is 0 Å². The lowest BCUT2D eigenvalue weighted by Crippen LogP contribution is -2.55. The summed E-state index contributed by atoms with van der Waals surface area (Å²) >= 11 is 0. The number of methoxy groups -OCH3 is 2. The molecule has 0 bridgehead atoms. The number of alkyl carbamates (subject to hydrolysis) is 1. The van der Waals surface area contributed by atoms with Crippen LogP contribution in [-0.2, 0) is 20.8 Å². The van der Waals surface area contributed by atoms with E-state index < -0.39 is 12.1 Å². The zero-order valence-corrected chi connectivity index (χ0v) is 16.5. The summed E-state index contributed by atoms with van der Waals surface area (Å²) in [6.07, 6.45) is 1.57. The van der Waals surface area contributed by atoms with Gasteiger partial charge in [-0.15, -0.1) is 0 Å². The number of piperidine rings is 1. The van der Waals surface area contributed by atoms with E-state index in [1.54, 1.807) is 19.4 Å². The maximum Gasteiger partial charge on any atom is 0.407 e. The van der Waals surface area contributed by atoms with Crippen molar-refractivity contribution in [2.75, 3.05) is 32.2 Å². The number of pyridine rings is 1. The predicted molar refractivity (Wildman–Crippen MR) is 107 cm³/mol. The smallest absolute Gasteiger partial charge is 0.407 e. The zero-order valence-electron chi connectivity index (χ0n) is 16.5. The summed E-state index contributed by atoms with van der Waals surface area (Å²) < 4.78 is 15.6. The Balaban J connectivity index is 1.56. The Morgan fingerprint density at radius 3 is 2.72 bits per heavy atom. The molecule has 2 heterocycles. The minimum atomic E-state index is -0.479. The largest absolute Gasteiger partial charge is 0.464 e. The van der Waals surface area contributed by atoms with Gasteiger partial charge in [0.05, 0.1) is 19.3 Å². The van der Waals surface area contributed by atoms with Crippen molar-refractivity contribution in [3.63, 3.8) is 0 Å². The molecule has 1 aliphatic rings. The molecular weight excluding hydrogens is 374 g/mol. The maximum atomic E-state index is 12.2. The first-order valence-electron chi connectivity index (χ1n) is 9.40. The molecule has 3 rings (SSSR count). The van der Waals surface area contributed by atoms with Gasteiger partial charge < -0.3 is 24.4 Å². The first-order chi connectivity index (χ1) is 14.1. The van der Waals surface area contributed by atoms with E-state index in [9.17, 15) is 9.59 Å². The molecule has 2 unspecified atom stereocenters. The summed E-state index contributed by atoms with van der Waals surface area (Å²) in [6, 6.07) is 12.9. The molecule has 1 saturated heterocycles. The standard InChI is InChI=1S/C21H25N3O5/c1-27-19-13-24(16-8-10-22-18(12-16)20(25)28-2)11-9-17(19)23-21(26)29-14-15-6-4-3-5-7-15/h3-8,10,12,17,19H,9,11,13-14H2,1-2H3,(H,23,26). The van der Waals surface area contributed by atoms with Crippen molar-refractivity contribution in [3.8, 4) is 0 Å². The van der Waals surface area contributed by atoms with E-state index >= 15 is 0 Å². The highest BCUT2D eigenvalue weighted by molar-refractivity contribution is 5.88. The van der Waals surface area contributed by atoms with Crippen LogP contribution in [0.3, 0.4) is 0 Å². The Morgan fingerprint density at radius 1 is 1.21 bits per heavy atom. The summed E-state index contributed by atoms with van der Waals surface area (Å²) in [5.41, 5.74) is 2.04. The molecular formula is C21H25N3O5. The minimum Gasteiger partial charge on any atom is -0.464 e. The number of hydrogen-bond donors (Lipinski definition) is 1. The molecule has 8 heteroatoms. The Hall–Kier alpha value is -3.13. The number of nitrogens with one attached hydrogen (secondary N) is 1. The lowest BCUT2D eigenvalue weighted by Gasteiger charge is -2.39. The van der Waals surface area contributed by atoms with Crippen LogP contribution >= 0.6 is 0 Å². The minimum absolute atomic E-state index is 0.165. The van der Waals surface area contributed by atoms with Crippen LogP contribution in [0, 0.1) is 0 Å². The second-order valence-corrected chi connectivity index (χ2v) is 6.71. The molecule has 0 aliphatic carbocycles. The van der Waals surface area contributed by atoms with Gasteiger partial charge in [0.25, 0.3) is 0 Å². The van der Waals surface area contributed by atoms with Gasteiger partial charge in [-0.1, -0.05) is 30.3 Å². The summed E-state index contributed by atoms with van der Waals surface area (Å²) in [5.74, 6) is -0.479. The van der Waals surface area contributed by atoms with Crippen LogP contribution in [-0.4, -0.2) is 56.5 Å². The number of amides is 1. The fourth-order valence-corrected chi connectivity index (χ4v) is 3.30. The van der Waals surface area contributed by atoms with E-state index in [-0.39, 0.29) is 24.4 Å². The van der Waals surface area contributed by atoms with E-state index in [2.05, 4.69) is 15.2 Å². The van der Waals surface area contributed by atoms with Gasteiger partial charge in [0.2, 0.25) is 0 Å². The van der Waals surface area contributed by atoms with Crippen LogP contribution in [0.25, 0.3) is 0 Å². The van der Waals surface area contributed by atoms with Crippen LogP contribution in [0.2, 0.25) is 0 Å². The molecule has 1 N–H and O–H groups in total. The van der Waals surface area contributed by atoms with Gasteiger partial charge in [-0.25, -0.2) is 14.6 Å². The Kier molecular flexibility index (Phi) is 7.02. The molecule has 1 amide bonds. The number of nitrogens with zero attached hydrogens (tertiary/aromatic N) is 2. The van der Waals surface area contributed by atoms with Gasteiger partial charge >= 0.3 is 12.1 Å². The molecule has 8 nitrogen and oxygen atoms in total. The number of anilines is 1. The number of ether oxygens (including phenoxy) is 3. The van der Waals surface area contributed by atoms with E-state index in [1.165, 1.54) is 7.11 Å². The topological polar surface area (TPSA) is 90.0 Å². The monoisotopic (exact) mass is 399 g/mol. The van der Waals surface area contributed by atoms with Crippen LogP contribution in [0.4, 0.5) is 10.5 Å². The number of benzene rings is 1. The quantitative estimate of drug-likeness (QED) is 0.746. The molecule has 0 spiro atoms. The van der Waals surface area contributed by atoms with Crippen molar-refractivity contribution in [2.24, 2.45) is 0 Å².